The Kier molecular flexibility index (Phi) is 8.62. The van der Waals surface area contributed by atoms with Crippen LogP contribution in [0.4, 0.5) is 0 Å². The average Bonchev–Trinajstić information content (AvgIpc) is 3.50. The first kappa shape index (κ1) is 34.7. The summed E-state index contributed by atoms with van der Waals surface area (Å²) in [6, 6.07) is 0. The lowest BCUT2D eigenvalue weighted by Crippen LogP contribution is -2.60. The molecule has 6 rings (SSSR count). The molecule has 6 heterocycles. The van der Waals surface area contributed by atoms with Crippen LogP contribution in [-0.2, 0) is 76.3 Å². The molecule has 0 aliphatic carbocycles. The highest BCUT2D eigenvalue weighted by molar-refractivity contribution is 7.84. The first-order chi connectivity index (χ1) is 19.8. The highest BCUT2D eigenvalue weighted by atomic mass is 32.2. The second-order valence-corrected chi connectivity index (χ2v) is 15.6. The Labute approximate surface area is 256 Å². The number of fused-ring (bicyclic) bond motifs is 6. The van der Waals surface area contributed by atoms with E-state index in [1.807, 2.05) is 0 Å². The van der Waals surface area contributed by atoms with Gasteiger partial charge in [0.25, 0.3) is 0 Å². The molecule has 0 aromatic heterocycles. The van der Waals surface area contributed by atoms with Gasteiger partial charge in [0, 0.05) is 0 Å². The van der Waals surface area contributed by atoms with Crippen molar-refractivity contribution in [2.45, 2.75) is 127 Å². The molecule has 6 aliphatic rings. The third-order valence-electron chi connectivity index (χ3n) is 7.40. The lowest BCUT2D eigenvalue weighted by atomic mass is 9.98. The van der Waals surface area contributed by atoms with Crippen LogP contribution in [0, 0.1) is 0 Å². The Morgan fingerprint density at radius 1 is 0.568 bits per heavy atom. The fraction of sp³-hybridized carbons (Fsp3) is 1.00. The summed E-state index contributed by atoms with van der Waals surface area (Å²) in [5.74, 6) is -6.38. The van der Waals surface area contributed by atoms with Crippen molar-refractivity contribution in [3.63, 3.8) is 0 Å². The summed E-state index contributed by atoms with van der Waals surface area (Å²) in [5, 5.41) is 9.78. The highest BCUT2D eigenvalue weighted by Gasteiger charge is 2.67. The number of hydrogen-bond acceptors (Lipinski definition) is 16. The third-order valence-corrected chi connectivity index (χ3v) is 8.29. The molecule has 0 aromatic rings. The molecule has 0 amide bonds. The molecule has 0 saturated carbocycles. The van der Waals surface area contributed by atoms with Gasteiger partial charge in [0.2, 0.25) is 11.6 Å². The molecule has 0 unspecified atom stereocenters. The van der Waals surface area contributed by atoms with Gasteiger partial charge in [-0.05, 0) is 55.4 Å². The van der Waals surface area contributed by atoms with Crippen LogP contribution in [0.25, 0.3) is 0 Å². The maximum Gasteiger partial charge on any atom is 0.333 e. The molecule has 0 bridgehead atoms. The van der Waals surface area contributed by atoms with Crippen molar-refractivity contribution in [2.75, 3.05) is 26.4 Å². The largest absolute Gasteiger partial charge is 0.343 e. The van der Waals surface area contributed by atoms with Crippen LogP contribution in [0.2, 0.25) is 0 Å². The van der Waals surface area contributed by atoms with Crippen LogP contribution in [0.1, 0.15) is 55.4 Å². The van der Waals surface area contributed by atoms with Gasteiger partial charge in [-0.3, -0.25) is 8.37 Å². The molecular formula is C24H42N2O16S2. The zero-order valence-corrected chi connectivity index (χ0v) is 27.4. The highest BCUT2D eigenvalue weighted by Crippen LogP contribution is 2.49. The molecule has 6 fully saturated rings. The van der Waals surface area contributed by atoms with E-state index >= 15 is 0 Å². The first-order valence-corrected chi connectivity index (χ1v) is 16.9. The molecule has 256 valence electrons. The quantitative estimate of drug-likeness (QED) is 0.350. The van der Waals surface area contributed by atoms with E-state index in [0.717, 1.165) is 0 Å². The van der Waals surface area contributed by atoms with Crippen molar-refractivity contribution in [3.05, 3.63) is 0 Å². The zero-order chi connectivity index (χ0) is 32.8. The van der Waals surface area contributed by atoms with E-state index in [1.165, 1.54) is 0 Å². The maximum absolute atomic E-state index is 11.1. The minimum atomic E-state index is -4.14. The Morgan fingerprint density at radius 2 is 0.909 bits per heavy atom. The van der Waals surface area contributed by atoms with Crippen LogP contribution in [0.3, 0.4) is 0 Å². The van der Waals surface area contributed by atoms with Crippen molar-refractivity contribution in [2.24, 2.45) is 10.3 Å². The zero-order valence-electron chi connectivity index (χ0n) is 25.8. The molecule has 44 heavy (non-hydrogen) atoms. The van der Waals surface area contributed by atoms with E-state index in [0.29, 0.717) is 0 Å². The van der Waals surface area contributed by atoms with Crippen molar-refractivity contribution >= 4 is 20.6 Å². The summed E-state index contributed by atoms with van der Waals surface area (Å²) in [6.45, 7) is 13.4. The monoisotopic (exact) mass is 678 g/mol. The number of nitrogens with two attached hydrogens (primary N) is 2. The van der Waals surface area contributed by atoms with Gasteiger partial charge in [0.1, 0.15) is 49.8 Å². The van der Waals surface area contributed by atoms with Gasteiger partial charge in [-0.1, -0.05) is 0 Å². The van der Waals surface area contributed by atoms with E-state index in [-0.39, 0.29) is 25.4 Å². The summed E-state index contributed by atoms with van der Waals surface area (Å²) in [6.07, 6.45) is -3.00. The molecule has 18 nitrogen and oxygen atoms in total. The van der Waals surface area contributed by atoms with E-state index in [2.05, 4.69) is 0 Å². The Balaban J connectivity index is 0.000000175. The fourth-order valence-corrected chi connectivity index (χ4v) is 6.88. The molecule has 20 heteroatoms. The lowest BCUT2D eigenvalue weighted by molar-refractivity contribution is -0.290. The fourth-order valence-electron chi connectivity index (χ4n) is 6.22. The average molecular weight is 679 g/mol. The van der Waals surface area contributed by atoms with Crippen LogP contribution in [0.5, 0.6) is 0 Å². The molecule has 6 aliphatic heterocycles. The predicted octanol–water partition coefficient (Wildman–Crippen LogP) is -0.791. The molecule has 0 aromatic carbocycles. The molecule has 0 spiro atoms. The van der Waals surface area contributed by atoms with Crippen molar-refractivity contribution in [3.8, 4) is 0 Å². The van der Waals surface area contributed by atoms with Gasteiger partial charge < -0.3 is 47.4 Å². The van der Waals surface area contributed by atoms with Crippen LogP contribution < -0.4 is 10.3 Å². The van der Waals surface area contributed by atoms with Gasteiger partial charge in [0.05, 0.1) is 13.2 Å². The Bertz CT molecular complexity index is 1220. The number of rotatable bonds is 6. The summed E-state index contributed by atoms with van der Waals surface area (Å²) < 4.78 is 112. The topological polar surface area (TPSA) is 231 Å². The summed E-state index contributed by atoms with van der Waals surface area (Å²) >= 11 is 0. The van der Waals surface area contributed by atoms with E-state index in [9.17, 15) is 16.8 Å². The molecule has 8 atom stereocenters. The third kappa shape index (κ3) is 7.40. The first-order valence-electron chi connectivity index (χ1n) is 13.9. The Morgan fingerprint density at radius 3 is 1.23 bits per heavy atom. The number of ether oxygens (including phenoxy) is 10. The SMILES string of the molecule is CC1(C)O[C@@H]2[C@@H](CO[C@@]3(COS(N)(=O)=O)OC(C)(C)O[C@@H]23)O1.CC1(C)O[C@@H]2[C@@H](CO[C@@]3(COS(N)(=O)=O)OC(C)(C)O[C@@H]23)O1. The van der Waals surface area contributed by atoms with E-state index < -0.39 is 93.0 Å². The minimum Gasteiger partial charge on any atom is -0.343 e. The lowest BCUT2D eigenvalue weighted by Gasteiger charge is -2.40. The van der Waals surface area contributed by atoms with Crippen molar-refractivity contribution in [1.29, 1.82) is 0 Å². The van der Waals surface area contributed by atoms with Crippen LogP contribution >= 0.6 is 0 Å². The summed E-state index contributed by atoms with van der Waals surface area (Å²) in [7, 11) is -8.27. The standard InChI is InChI=1S/2C12H21NO8S/c2*1-10(2)18-7-5-16-12(6-17-22(13,14)15)9(8(7)19-10)20-11(3,4)21-12/h2*7-9H,5-6H2,1-4H3,(H2,13,14,15)/t2*7-,8-,9+,12+/m11/s1. The summed E-state index contributed by atoms with van der Waals surface area (Å²) in [5.41, 5.74) is 0. The van der Waals surface area contributed by atoms with Crippen LogP contribution in [-0.4, -0.2) is 115 Å². The summed E-state index contributed by atoms with van der Waals surface area (Å²) in [4.78, 5) is 0. The maximum atomic E-state index is 11.1. The predicted molar refractivity (Wildman–Crippen MR) is 143 cm³/mol. The van der Waals surface area contributed by atoms with Gasteiger partial charge >= 0.3 is 20.6 Å². The van der Waals surface area contributed by atoms with Gasteiger partial charge in [-0.2, -0.15) is 16.8 Å². The van der Waals surface area contributed by atoms with Crippen molar-refractivity contribution in [1.82, 2.24) is 0 Å². The molecule has 6 saturated heterocycles. The van der Waals surface area contributed by atoms with Gasteiger partial charge in [-0.15, -0.1) is 0 Å². The number of hydrogen-bond donors (Lipinski definition) is 2. The normalized spacial score (nSPS) is 42.9. The second-order valence-electron chi connectivity index (χ2n) is 13.1. The van der Waals surface area contributed by atoms with Gasteiger partial charge in [-0.25, -0.2) is 10.3 Å². The van der Waals surface area contributed by atoms with Crippen LogP contribution in [0.15, 0.2) is 0 Å². The Hall–Kier alpha value is -0.660. The molecule has 4 N–H and O–H groups in total. The minimum absolute atomic E-state index is 0.165. The van der Waals surface area contributed by atoms with E-state index in [1.54, 1.807) is 55.4 Å². The molecule has 0 radical (unpaired) electrons. The van der Waals surface area contributed by atoms with Crippen molar-refractivity contribution < 1.29 is 72.6 Å². The second kappa shape index (κ2) is 10.9. The smallest absolute Gasteiger partial charge is 0.333 e. The molecular weight excluding hydrogens is 636 g/mol. The van der Waals surface area contributed by atoms with Gasteiger partial charge in [0.15, 0.2) is 23.1 Å². The van der Waals surface area contributed by atoms with E-state index in [4.69, 9.17) is 66.0 Å².